The fourth-order valence-corrected chi connectivity index (χ4v) is 4.83. The van der Waals surface area contributed by atoms with Gasteiger partial charge in [0.1, 0.15) is 0 Å². The molecule has 0 spiro atoms. The van der Waals surface area contributed by atoms with Crippen molar-refractivity contribution in [2.45, 2.75) is 39.5 Å². The Bertz CT molecular complexity index is 1240. The first-order chi connectivity index (χ1) is 17.0. The number of rotatable bonds is 7. The van der Waals surface area contributed by atoms with E-state index in [0.29, 0.717) is 45.4 Å². The van der Waals surface area contributed by atoms with Crippen molar-refractivity contribution >= 4 is 12.3 Å². The summed E-state index contributed by atoms with van der Waals surface area (Å²) in [4.78, 5) is 27.8. The molecule has 35 heavy (non-hydrogen) atoms. The predicted molar refractivity (Wildman–Crippen MR) is 137 cm³/mol. The number of nitriles is 1. The molecule has 3 aromatic rings. The van der Waals surface area contributed by atoms with Gasteiger partial charge in [-0.3, -0.25) is 9.59 Å². The zero-order valence-electron chi connectivity index (χ0n) is 20.5. The second kappa shape index (κ2) is 11.1. The lowest BCUT2D eigenvalue weighted by molar-refractivity contribution is -0.131. The number of aryl methyl sites for hydroxylation is 3. The van der Waals surface area contributed by atoms with Crippen LogP contribution in [0.5, 0.6) is 0 Å². The molecule has 180 valence electrons. The van der Waals surface area contributed by atoms with Gasteiger partial charge in [-0.2, -0.15) is 5.26 Å². The molecule has 0 aliphatic carbocycles. The molecule has 1 aliphatic heterocycles. The van der Waals surface area contributed by atoms with Crippen LogP contribution >= 0.6 is 0 Å². The first kappa shape index (κ1) is 24.3. The van der Waals surface area contributed by atoms with Crippen LogP contribution in [-0.2, 0) is 22.4 Å². The van der Waals surface area contributed by atoms with Crippen LogP contribution in [0.3, 0.4) is 0 Å². The molecule has 6 nitrogen and oxygen atoms in total. The van der Waals surface area contributed by atoms with Gasteiger partial charge >= 0.3 is 0 Å². The molecule has 2 amide bonds. The highest BCUT2D eigenvalue weighted by Gasteiger charge is 2.20. The van der Waals surface area contributed by atoms with Crippen molar-refractivity contribution in [3.63, 3.8) is 0 Å². The lowest BCUT2D eigenvalue weighted by Crippen LogP contribution is -2.35. The molecule has 1 fully saturated rings. The molecule has 0 unspecified atom stereocenters. The van der Waals surface area contributed by atoms with E-state index in [1.165, 1.54) is 11.1 Å². The third kappa shape index (κ3) is 5.63. The average Bonchev–Trinajstić information content (AvgIpc) is 3.11. The lowest BCUT2D eigenvalue weighted by Gasteiger charge is -2.21. The summed E-state index contributed by atoms with van der Waals surface area (Å²) >= 11 is 0. The van der Waals surface area contributed by atoms with E-state index in [0.717, 1.165) is 41.0 Å². The number of nitrogens with zero attached hydrogens (tertiary/aromatic N) is 4. The second-order valence-electron chi connectivity index (χ2n) is 9.24. The number of aromatic nitrogens is 1. The zero-order valence-corrected chi connectivity index (χ0v) is 20.5. The van der Waals surface area contributed by atoms with Crippen LogP contribution in [0.1, 0.15) is 35.2 Å². The van der Waals surface area contributed by atoms with Crippen LogP contribution in [0.25, 0.3) is 16.9 Å². The Morgan fingerprint density at radius 1 is 1.00 bits per heavy atom. The van der Waals surface area contributed by atoms with Crippen molar-refractivity contribution in [1.29, 1.82) is 5.26 Å². The molecule has 0 bridgehead atoms. The standard InChI is InChI=1S/C29H32N4O2/c1-22-4-11-27(23(2)20-22)28-12-9-26(33(28)25-7-5-24(6-8-25)14-15-30)10-13-29(35)32-17-3-16-31(21-34)18-19-32/h4-9,11-12,20-21H,3,10,13-14,16-19H2,1-2H3. The van der Waals surface area contributed by atoms with E-state index in [-0.39, 0.29) is 5.91 Å². The highest BCUT2D eigenvalue weighted by Crippen LogP contribution is 2.30. The van der Waals surface area contributed by atoms with Crippen LogP contribution in [0, 0.1) is 25.2 Å². The number of carbonyl (C=O) groups is 2. The third-order valence-corrected chi connectivity index (χ3v) is 6.72. The summed E-state index contributed by atoms with van der Waals surface area (Å²) in [6.07, 6.45) is 3.11. The second-order valence-corrected chi connectivity index (χ2v) is 9.24. The zero-order chi connectivity index (χ0) is 24.8. The van der Waals surface area contributed by atoms with Gasteiger partial charge in [-0.05, 0) is 62.1 Å². The summed E-state index contributed by atoms with van der Waals surface area (Å²) in [5.41, 5.74) is 7.76. The smallest absolute Gasteiger partial charge is 0.223 e. The fourth-order valence-electron chi connectivity index (χ4n) is 4.83. The molecular weight excluding hydrogens is 436 g/mol. The van der Waals surface area contributed by atoms with Gasteiger partial charge in [0, 0.05) is 49.5 Å². The maximum atomic E-state index is 13.0. The van der Waals surface area contributed by atoms with Gasteiger partial charge in [0.2, 0.25) is 12.3 Å². The monoisotopic (exact) mass is 468 g/mol. The minimum Gasteiger partial charge on any atom is -0.343 e. The maximum absolute atomic E-state index is 13.0. The number of hydrogen-bond donors (Lipinski definition) is 0. The van der Waals surface area contributed by atoms with E-state index in [4.69, 9.17) is 5.26 Å². The first-order valence-corrected chi connectivity index (χ1v) is 12.2. The SMILES string of the molecule is Cc1ccc(-c2ccc(CCC(=O)N3CCCN(C=O)CC3)n2-c2ccc(CC#N)cc2)c(C)c1. The van der Waals surface area contributed by atoms with E-state index < -0.39 is 0 Å². The molecule has 2 aromatic carbocycles. The number of amides is 2. The number of hydrogen-bond acceptors (Lipinski definition) is 3. The summed E-state index contributed by atoms with van der Waals surface area (Å²) < 4.78 is 2.23. The largest absolute Gasteiger partial charge is 0.343 e. The predicted octanol–water partition coefficient (Wildman–Crippen LogP) is 4.45. The van der Waals surface area contributed by atoms with Crippen LogP contribution in [0.2, 0.25) is 0 Å². The van der Waals surface area contributed by atoms with Crippen molar-refractivity contribution in [2.75, 3.05) is 26.2 Å². The highest BCUT2D eigenvalue weighted by molar-refractivity contribution is 5.77. The molecule has 4 rings (SSSR count). The lowest BCUT2D eigenvalue weighted by atomic mass is 10.0. The summed E-state index contributed by atoms with van der Waals surface area (Å²) in [5.74, 6) is 0.128. The van der Waals surface area contributed by atoms with Crippen LogP contribution < -0.4 is 0 Å². The minimum absolute atomic E-state index is 0.128. The highest BCUT2D eigenvalue weighted by atomic mass is 16.2. The topological polar surface area (TPSA) is 69.3 Å². The minimum atomic E-state index is 0.128. The summed E-state index contributed by atoms with van der Waals surface area (Å²) in [7, 11) is 0. The van der Waals surface area contributed by atoms with E-state index in [1.807, 2.05) is 29.2 Å². The average molecular weight is 469 g/mol. The normalized spacial score (nSPS) is 13.9. The van der Waals surface area contributed by atoms with Crippen molar-refractivity contribution in [3.8, 4) is 23.0 Å². The van der Waals surface area contributed by atoms with Crippen LogP contribution in [-0.4, -0.2) is 52.9 Å². The Morgan fingerprint density at radius 2 is 1.80 bits per heavy atom. The Hall–Kier alpha value is -3.85. The first-order valence-electron chi connectivity index (χ1n) is 12.2. The molecule has 2 heterocycles. The van der Waals surface area contributed by atoms with E-state index >= 15 is 0 Å². The molecule has 1 aromatic heterocycles. The summed E-state index contributed by atoms with van der Waals surface area (Å²) in [6.45, 7) is 6.80. The quantitative estimate of drug-likeness (QED) is 0.481. The number of benzene rings is 2. The van der Waals surface area contributed by atoms with Gasteiger partial charge in [0.25, 0.3) is 0 Å². The summed E-state index contributed by atoms with van der Waals surface area (Å²) in [6, 6.07) is 21.0. The molecule has 0 radical (unpaired) electrons. The van der Waals surface area contributed by atoms with E-state index in [1.54, 1.807) is 4.90 Å². The van der Waals surface area contributed by atoms with Crippen molar-refractivity contribution in [1.82, 2.24) is 14.4 Å². The third-order valence-electron chi connectivity index (χ3n) is 6.72. The Labute approximate surface area is 207 Å². The maximum Gasteiger partial charge on any atom is 0.223 e. The van der Waals surface area contributed by atoms with Gasteiger partial charge in [-0.15, -0.1) is 0 Å². The Morgan fingerprint density at radius 3 is 2.51 bits per heavy atom. The molecular formula is C29H32N4O2. The summed E-state index contributed by atoms with van der Waals surface area (Å²) in [5, 5.41) is 9.03. The van der Waals surface area contributed by atoms with Gasteiger partial charge in [0.15, 0.2) is 0 Å². The number of carbonyl (C=O) groups excluding carboxylic acids is 2. The van der Waals surface area contributed by atoms with Crippen LogP contribution in [0.15, 0.2) is 54.6 Å². The van der Waals surface area contributed by atoms with Gasteiger partial charge in [0.05, 0.1) is 18.2 Å². The van der Waals surface area contributed by atoms with Crippen LogP contribution in [0.4, 0.5) is 0 Å². The van der Waals surface area contributed by atoms with Crippen molar-refractivity contribution in [2.24, 2.45) is 0 Å². The molecule has 1 aliphatic rings. The fraction of sp³-hybridized carbons (Fsp3) is 0.345. The molecule has 0 atom stereocenters. The van der Waals surface area contributed by atoms with Crippen molar-refractivity contribution in [3.05, 3.63) is 77.0 Å². The van der Waals surface area contributed by atoms with E-state index in [2.05, 4.69) is 54.8 Å². The van der Waals surface area contributed by atoms with Gasteiger partial charge in [-0.1, -0.05) is 35.9 Å². The molecule has 6 heteroatoms. The molecule has 0 saturated carbocycles. The Kier molecular flexibility index (Phi) is 7.67. The van der Waals surface area contributed by atoms with E-state index in [9.17, 15) is 9.59 Å². The van der Waals surface area contributed by atoms with Crippen molar-refractivity contribution < 1.29 is 9.59 Å². The molecule has 0 N–H and O–H groups in total. The van der Waals surface area contributed by atoms with Gasteiger partial charge in [-0.25, -0.2) is 0 Å². The molecule has 1 saturated heterocycles. The Balaban J connectivity index is 1.61. The van der Waals surface area contributed by atoms with Gasteiger partial charge < -0.3 is 14.4 Å².